The molecule has 0 unspecified atom stereocenters. The summed E-state index contributed by atoms with van der Waals surface area (Å²) in [7, 11) is 0. The summed E-state index contributed by atoms with van der Waals surface area (Å²) in [5.74, 6) is -0.308. The zero-order valence-electron chi connectivity index (χ0n) is 9.99. The van der Waals surface area contributed by atoms with Crippen LogP contribution in [0, 0.1) is 0 Å². The molecule has 0 bridgehead atoms. The minimum Gasteiger partial charge on any atom is -0.366 e. The molecular weight excluding hydrogens is 198 g/mol. The van der Waals surface area contributed by atoms with E-state index in [1.807, 2.05) is 25.1 Å². The van der Waals surface area contributed by atoms with Crippen molar-refractivity contribution >= 4 is 5.91 Å². The lowest BCUT2D eigenvalue weighted by atomic mass is 10.0. The second-order valence-corrected chi connectivity index (χ2v) is 4.11. The van der Waals surface area contributed by atoms with Gasteiger partial charge in [0.1, 0.15) is 0 Å². The number of aryl methyl sites for hydroxylation is 1. The molecule has 2 nitrogen and oxygen atoms in total. The SMILES string of the molecule is CC(CCCc1ccccc1)=C(C)C(N)=O. The summed E-state index contributed by atoms with van der Waals surface area (Å²) in [5.41, 5.74) is 8.37. The van der Waals surface area contributed by atoms with Crippen LogP contribution in [-0.4, -0.2) is 5.91 Å². The Bertz CT molecular complexity index is 379. The smallest absolute Gasteiger partial charge is 0.244 e. The van der Waals surface area contributed by atoms with Crippen molar-refractivity contribution in [3.05, 3.63) is 47.0 Å². The van der Waals surface area contributed by atoms with E-state index in [2.05, 4.69) is 12.1 Å². The van der Waals surface area contributed by atoms with Crippen LogP contribution in [0.25, 0.3) is 0 Å². The standard InChI is InChI=1S/C14H19NO/c1-11(12(2)14(15)16)7-6-10-13-8-4-3-5-9-13/h3-5,8-9H,6-7,10H2,1-2H3,(H2,15,16). The normalized spacial score (nSPS) is 12.1. The summed E-state index contributed by atoms with van der Waals surface area (Å²) in [5, 5.41) is 0. The molecule has 0 radical (unpaired) electrons. The highest BCUT2D eigenvalue weighted by atomic mass is 16.1. The molecule has 0 heterocycles. The van der Waals surface area contributed by atoms with Gasteiger partial charge in [0.05, 0.1) is 0 Å². The van der Waals surface area contributed by atoms with E-state index in [-0.39, 0.29) is 5.91 Å². The molecule has 1 amide bonds. The van der Waals surface area contributed by atoms with Crippen LogP contribution in [0.2, 0.25) is 0 Å². The summed E-state index contributed by atoms with van der Waals surface area (Å²) in [6.07, 6.45) is 3.04. The molecule has 16 heavy (non-hydrogen) atoms. The average molecular weight is 217 g/mol. The number of hydrogen-bond acceptors (Lipinski definition) is 1. The highest BCUT2D eigenvalue weighted by Crippen LogP contribution is 2.13. The minimum atomic E-state index is -0.308. The lowest BCUT2D eigenvalue weighted by Crippen LogP contribution is -2.13. The third kappa shape index (κ3) is 3.89. The molecule has 0 aliphatic rings. The van der Waals surface area contributed by atoms with E-state index in [0.29, 0.717) is 5.57 Å². The predicted octanol–water partition coefficient (Wildman–Crippen LogP) is 2.83. The van der Waals surface area contributed by atoms with Crippen LogP contribution >= 0.6 is 0 Å². The summed E-state index contributed by atoms with van der Waals surface area (Å²) in [6.45, 7) is 3.77. The maximum atomic E-state index is 10.9. The van der Waals surface area contributed by atoms with E-state index in [1.54, 1.807) is 6.92 Å². The first kappa shape index (κ1) is 12.5. The van der Waals surface area contributed by atoms with Gasteiger partial charge in [-0.15, -0.1) is 0 Å². The number of amides is 1. The monoisotopic (exact) mass is 217 g/mol. The minimum absolute atomic E-state index is 0.308. The quantitative estimate of drug-likeness (QED) is 0.757. The Morgan fingerprint density at radius 1 is 1.19 bits per heavy atom. The number of allylic oxidation sites excluding steroid dienone is 1. The second-order valence-electron chi connectivity index (χ2n) is 4.11. The van der Waals surface area contributed by atoms with Gasteiger partial charge in [0.2, 0.25) is 5.91 Å². The molecular formula is C14H19NO. The summed E-state index contributed by atoms with van der Waals surface area (Å²) < 4.78 is 0. The zero-order chi connectivity index (χ0) is 12.0. The van der Waals surface area contributed by atoms with Gasteiger partial charge in [0.25, 0.3) is 0 Å². The Kier molecular flexibility index (Phi) is 4.77. The predicted molar refractivity (Wildman–Crippen MR) is 66.9 cm³/mol. The van der Waals surface area contributed by atoms with Gasteiger partial charge in [0, 0.05) is 5.57 Å². The molecule has 0 fully saturated rings. The van der Waals surface area contributed by atoms with Crippen molar-refractivity contribution in [2.45, 2.75) is 33.1 Å². The summed E-state index contributed by atoms with van der Waals surface area (Å²) in [4.78, 5) is 10.9. The highest BCUT2D eigenvalue weighted by molar-refractivity contribution is 5.91. The van der Waals surface area contributed by atoms with Crippen LogP contribution in [-0.2, 0) is 11.2 Å². The van der Waals surface area contributed by atoms with Crippen molar-refractivity contribution in [1.82, 2.24) is 0 Å². The first-order chi connectivity index (χ1) is 7.61. The molecule has 0 atom stereocenters. The third-order valence-electron chi connectivity index (χ3n) is 2.87. The Morgan fingerprint density at radius 3 is 2.38 bits per heavy atom. The molecule has 2 heteroatoms. The largest absolute Gasteiger partial charge is 0.366 e. The number of rotatable bonds is 5. The van der Waals surface area contributed by atoms with Gasteiger partial charge >= 0.3 is 0 Å². The van der Waals surface area contributed by atoms with E-state index in [1.165, 1.54) is 5.56 Å². The van der Waals surface area contributed by atoms with Crippen molar-refractivity contribution in [3.8, 4) is 0 Å². The van der Waals surface area contributed by atoms with Gasteiger partial charge in [-0.3, -0.25) is 4.79 Å². The van der Waals surface area contributed by atoms with Crippen LogP contribution in [0.3, 0.4) is 0 Å². The fraction of sp³-hybridized carbons (Fsp3) is 0.357. The van der Waals surface area contributed by atoms with E-state index in [9.17, 15) is 4.79 Å². The van der Waals surface area contributed by atoms with Gasteiger partial charge in [-0.2, -0.15) is 0 Å². The van der Waals surface area contributed by atoms with Crippen molar-refractivity contribution in [3.63, 3.8) is 0 Å². The fourth-order valence-corrected chi connectivity index (χ4v) is 1.60. The van der Waals surface area contributed by atoms with Gasteiger partial charge in [-0.25, -0.2) is 0 Å². The third-order valence-corrected chi connectivity index (χ3v) is 2.87. The Morgan fingerprint density at radius 2 is 1.81 bits per heavy atom. The van der Waals surface area contributed by atoms with E-state index in [4.69, 9.17) is 5.73 Å². The van der Waals surface area contributed by atoms with Crippen LogP contribution in [0.1, 0.15) is 32.3 Å². The van der Waals surface area contributed by atoms with Crippen molar-refractivity contribution in [1.29, 1.82) is 0 Å². The van der Waals surface area contributed by atoms with Gasteiger partial charge in [-0.1, -0.05) is 35.9 Å². The van der Waals surface area contributed by atoms with E-state index < -0.39 is 0 Å². The molecule has 0 saturated carbocycles. The molecule has 0 aliphatic heterocycles. The van der Waals surface area contributed by atoms with E-state index >= 15 is 0 Å². The summed E-state index contributed by atoms with van der Waals surface area (Å²) in [6, 6.07) is 10.4. The Hall–Kier alpha value is -1.57. The molecule has 0 spiro atoms. The maximum absolute atomic E-state index is 10.9. The lowest BCUT2D eigenvalue weighted by molar-refractivity contribution is -0.114. The van der Waals surface area contributed by atoms with Gasteiger partial charge in [0.15, 0.2) is 0 Å². The van der Waals surface area contributed by atoms with Crippen molar-refractivity contribution in [2.75, 3.05) is 0 Å². The number of benzene rings is 1. The second kappa shape index (κ2) is 6.11. The van der Waals surface area contributed by atoms with Crippen LogP contribution < -0.4 is 5.73 Å². The molecule has 1 rings (SSSR count). The highest BCUT2D eigenvalue weighted by Gasteiger charge is 2.02. The zero-order valence-corrected chi connectivity index (χ0v) is 9.99. The molecule has 0 saturated heterocycles. The topological polar surface area (TPSA) is 43.1 Å². The molecule has 1 aromatic rings. The first-order valence-corrected chi connectivity index (χ1v) is 5.61. The molecule has 0 aliphatic carbocycles. The lowest BCUT2D eigenvalue weighted by Gasteiger charge is -2.05. The van der Waals surface area contributed by atoms with Gasteiger partial charge in [-0.05, 0) is 38.7 Å². The van der Waals surface area contributed by atoms with Crippen molar-refractivity contribution < 1.29 is 4.79 Å². The van der Waals surface area contributed by atoms with E-state index in [0.717, 1.165) is 24.8 Å². The number of primary amides is 1. The maximum Gasteiger partial charge on any atom is 0.244 e. The van der Waals surface area contributed by atoms with Crippen LogP contribution in [0.4, 0.5) is 0 Å². The summed E-state index contributed by atoms with van der Waals surface area (Å²) >= 11 is 0. The number of hydrogen-bond donors (Lipinski definition) is 1. The number of nitrogens with two attached hydrogens (primary N) is 1. The van der Waals surface area contributed by atoms with Gasteiger partial charge < -0.3 is 5.73 Å². The number of carbonyl (C=O) groups is 1. The molecule has 1 aromatic carbocycles. The molecule has 86 valence electrons. The Balaban J connectivity index is 2.42. The average Bonchev–Trinajstić information content (AvgIpc) is 2.29. The first-order valence-electron chi connectivity index (χ1n) is 5.61. The van der Waals surface area contributed by atoms with Crippen LogP contribution in [0.15, 0.2) is 41.5 Å². The molecule has 0 aromatic heterocycles. The van der Waals surface area contributed by atoms with Crippen molar-refractivity contribution in [2.24, 2.45) is 5.73 Å². The molecule has 2 N–H and O–H groups in total. The van der Waals surface area contributed by atoms with Crippen LogP contribution in [0.5, 0.6) is 0 Å². The fourth-order valence-electron chi connectivity index (χ4n) is 1.60. The Labute approximate surface area is 97.2 Å². The number of carbonyl (C=O) groups excluding carboxylic acids is 1.